The molecule has 2 heterocycles. The van der Waals surface area contributed by atoms with Crippen LogP contribution in [0.4, 0.5) is 0 Å². The monoisotopic (exact) mass is 276 g/mol. The lowest BCUT2D eigenvalue weighted by molar-refractivity contribution is 0.393. The number of likely N-dealkylation sites (N-methyl/N-ethyl adjacent to an activating group) is 1. The first kappa shape index (κ1) is 14.4. The molecule has 2 aromatic rings. The first-order chi connectivity index (χ1) is 9.78. The molecule has 108 valence electrons. The molecule has 0 fully saturated rings. The quantitative estimate of drug-likeness (QED) is 0.812. The highest BCUT2D eigenvalue weighted by atomic mass is 16.5. The van der Waals surface area contributed by atoms with Gasteiger partial charge in [-0.25, -0.2) is 15.0 Å². The van der Waals surface area contributed by atoms with Crippen molar-refractivity contribution >= 4 is 0 Å². The van der Waals surface area contributed by atoms with Gasteiger partial charge in [0.25, 0.3) is 0 Å². The van der Waals surface area contributed by atoms with Crippen molar-refractivity contribution in [3.05, 3.63) is 30.2 Å². The Labute approximate surface area is 118 Å². The standard InChI is InChI=1S/C13H20N6O/c1-4-14-10(6-12-16-9-18-19(12)5-2)11-7-13(20-3)17-8-15-11/h7-10,14H,4-6H2,1-3H3. The topological polar surface area (TPSA) is 77.8 Å². The maximum Gasteiger partial charge on any atom is 0.216 e. The Balaban J connectivity index is 2.22. The first-order valence-electron chi connectivity index (χ1n) is 6.74. The van der Waals surface area contributed by atoms with Crippen LogP contribution in [0.1, 0.15) is 31.4 Å². The van der Waals surface area contributed by atoms with Crippen LogP contribution in [0.15, 0.2) is 18.7 Å². The normalized spacial score (nSPS) is 12.3. The molecule has 0 aliphatic carbocycles. The van der Waals surface area contributed by atoms with Crippen LogP contribution >= 0.6 is 0 Å². The van der Waals surface area contributed by atoms with Gasteiger partial charge < -0.3 is 10.1 Å². The molecule has 2 aromatic heterocycles. The van der Waals surface area contributed by atoms with Crippen molar-refractivity contribution in [1.29, 1.82) is 0 Å². The average molecular weight is 276 g/mol. The molecule has 1 atom stereocenters. The number of ether oxygens (including phenoxy) is 1. The van der Waals surface area contributed by atoms with Crippen LogP contribution in [0.3, 0.4) is 0 Å². The number of aromatic nitrogens is 5. The molecule has 0 spiro atoms. The predicted octanol–water partition coefficient (Wildman–Crippen LogP) is 0.990. The highest BCUT2D eigenvalue weighted by Gasteiger charge is 2.17. The van der Waals surface area contributed by atoms with Crippen LogP contribution in [-0.2, 0) is 13.0 Å². The summed E-state index contributed by atoms with van der Waals surface area (Å²) in [5.41, 5.74) is 0.893. The van der Waals surface area contributed by atoms with E-state index in [1.54, 1.807) is 13.4 Å². The SMILES string of the molecule is CCNC(Cc1ncnn1CC)c1cc(OC)ncn1. The number of methoxy groups -OCH3 is 1. The minimum absolute atomic E-state index is 0.0615. The second kappa shape index (κ2) is 6.95. The lowest BCUT2D eigenvalue weighted by Gasteiger charge is -2.17. The number of aryl methyl sites for hydroxylation is 1. The van der Waals surface area contributed by atoms with Crippen LogP contribution in [0, 0.1) is 0 Å². The Hall–Kier alpha value is -2.02. The van der Waals surface area contributed by atoms with Gasteiger partial charge in [-0.3, -0.25) is 4.68 Å². The smallest absolute Gasteiger partial charge is 0.216 e. The Morgan fingerprint density at radius 3 is 2.80 bits per heavy atom. The highest BCUT2D eigenvalue weighted by molar-refractivity contribution is 5.17. The van der Waals surface area contributed by atoms with Crippen LogP contribution in [0.2, 0.25) is 0 Å². The van der Waals surface area contributed by atoms with E-state index in [9.17, 15) is 0 Å². The summed E-state index contributed by atoms with van der Waals surface area (Å²) in [6.07, 6.45) is 3.83. The van der Waals surface area contributed by atoms with E-state index in [1.807, 2.05) is 17.7 Å². The molecule has 2 rings (SSSR count). The van der Waals surface area contributed by atoms with Gasteiger partial charge in [-0.05, 0) is 13.5 Å². The Morgan fingerprint density at radius 2 is 2.10 bits per heavy atom. The molecule has 20 heavy (non-hydrogen) atoms. The molecule has 7 heteroatoms. The summed E-state index contributed by atoms with van der Waals surface area (Å²) in [4.78, 5) is 12.7. The third-order valence-corrected chi connectivity index (χ3v) is 3.06. The fourth-order valence-corrected chi connectivity index (χ4v) is 2.08. The van der Waals surface area contributed by atoms with E-state index in [0.29, 0.717) is 5.88 Å². The number of rotatable bonds is 7. The molecule has 7 nitrogen and oxygen atoms in total. The Morgan fingerprint density at radius 1 is 1.25 bits per heavy atom. The lowest BCUT2D eigenvalue weighted by Crippen LogP contribution is -2.25. The van der Waals surface area contributed by atoms with Gasteiger partial charge in [-0.1, -0.05) is 6.92 Å². The zero-order valence-corrected chi connectivity index (χ0v) is 12.1. The zero-order chi connectivity index (χ0) is 14.4. The molecule has 0 saturated heterocycles. The van der Waals surface area contributed by atoms with Crippen molar-refractivity contribution < 1.29 is 4.74 Å². The van der Waals surface area contributed by atoms with Crippen molar-refractivity contribution in [2.45, 2.75) is 32.9 Å². The van der Waals surface area contributed by atoms with Crippen LogP contribution in [0.25, 0.3) is 0 Å². The molecular formula is C13H20N6O. The Kier molecular flexibility index (Phi) is 5.00. The van der Waals surface area contributed by atoms with Gasteiger partial charge in [0.1, 0.15) is 18.5 Å². The van der Waals surface area contributed by atoms with E-state index >= 15 is 0 Å². The van der Waals surface area contributed by atoms with Crippen LogP contribution in [0.5, 0.6) is 5.88 Å². The summed E-state index contributed by atoms with van der Waals surface area (Å²) in [7, 11) is 1.60. The number of nitrogens with zero attached hydrogens (tertiary/aromatic N) is 5. The van der Waals surface area contributed by atoms with E-state index < -0.39 is 0 Å². The summed E-state index contributed by atoms with van der Waals surface area (Å²) in [5.74, 6) is 1.51. The third kappa shape index (κ3) is 3.30. The Bertz CT molecular complexity index is 541. The van der Waals surface area contributed by atoms with Crippen LogP contribution in [-0.4, -0.2) is 38.4 Å². The molecule has 0 aliphatic rings. The minimum Gasteiger partial charge on any atom is -0.481 e. The van der Waals surface area contributed by atoms with Crippen molar-refractivity contribution in [1.82, 2.24) is 30.0 Å². The van der Waals surface area contributed by atoms with Gasteiger partial charge >= 0.3 is 0 Å². The van der Waals surface area contributed by atoms with E-state index in [-0.39, 0.29) is 6.04 Å². The molecule has 0 radical (unpaired) electrons. The largest absolute Gasteiger partial charge is 0.481 e. The minimum atomic E-state index is 0.0615. The summed E-state index contributed by atoms with van der Waals surface area (Å²) in [5, 5.41) is 7.61. The fourth-order valence-electron chi connectivity index (χ4n) is 2.08. The average Bonchev–Trinajstić information content (AvgIpc) is 2.94. The number of hydrogen-bond donors (Lipinski definition) is 1. The highest BCUT2D eigenvalue weighted by Crippen LogP contribution is 2.18. The fraction of sp³-hybridized carbons (Fsp3) is 0.538. The summed E-state index contributed by atoms with van der Waals surface area (Å²) in [6, 6.07) is 1.91. The second-order valence-corrected chi connectivity index (χ2v) is 4.29. The zero-order valence-electron chi connectivity index (χ0n) is 12.1. The van der Waals surface area contributed by atoms with Crippen molar-refractivity contribution in [3.8, 4) is 5.88 Å². The molecule has 0 amide bonds. The molecule has 0 aliphatic heterocycles. The summed E-state index contributed by atoms with van der Waals surface area (Å²) in [6.45, 7) is 5.77. The third-order valence-electron chi connectivity index (χ3n) is 3.06. The van der Waals surface area contributed by atoms with Gasteiger partial charge in [0.15, 0.2) is 0 Å². The molecule has 0 saturated carbocycles. The van der Waals surface area contributed by atoms with Gasteiger partial charge in [0.2, 0.25) is 5.88 Å². The second-order valence-electron chi connectivity index (χ2n) is 4.29. The molecule has 1 unspecified atom stereocenters. The molecule has 1 N–H and O–H groups in total. The van der Waals surface area contributed by atoms with E-state index in [1.165, 1.54) is 6.33 Å². The predicted molar refractivity (Wildman–Crippen MR) is 74.4 cm³/mol. The summed E-state index contributed by atoms with van der Waals surface area (Å²) < 4.78 is 7.04. The summed E-state index contributed by atoms with van der Waals surface area (Å²) >= 11 is 0. The van der Waals surface area contributed by atoms with E-state index in [0.717, 1.165) is 31.0 Å². The van der Waals surface area contributed by atoms with E-state index in [4.69, 9.17) is 4.74 Å². The maximum absolute atomic E-state index is 5.15. The molecule has 0 bridgehead atoms. The lowest BCUT2D eigenvalue weighted by atomic mass is 10.1. The number of nitrogens with one attached hydrogen (secondary N) is 1. The van der Waals surface area contributed by atoms with Crippen molar-refractivity contribution in [2.24, 2.45) is 0 Å². The van der Waals surface area contributed by atoms with Crippen molar-refractivity contribution in [3.63, 3.8) is 0 Å². The van der Waals surface area contributed by atoms with Gasteiger partial charge in [0.05, 0.1) is 18.8 Å². The van der Waals surface area contributed by atoms with Crippen LogP contribution < -0.4 is 10.1 Å². The van der Waals surface area contributed by atoms with Gasteiger partial charge in [-0.2, -0.15) is 5.10 Å². The first-order valence-corrected chi connectivity index (χ1v) is 6.74. The van der Waals surface area contributed by atoms with E-state index in [2.05, 4.69) is 32.3 Å². The maximum atomic E-state index is 5.15. The number of hydrogen-bond acceptors (Lipinski definition) is 6. The molecular weight excluding hydrogens is 256 g/mol. The van der Waals surface area contributed by atoms with Crippen molar-refractivity contribution in [2.75, 3.05) is 13.7 Å². The van der Waals surface area contributed by atoms with Gasteiger partial charge in [0, 0.05) is 19.0 Å². The van der Waals surface area contributed by atoms with Gasteiger partial charge in [-0.15, -0.1) is 0 Å². The molecule has 0 aromatic carbocycles.